The summed E-state index contributed by atoms with van der Waals surface area (Å²) in [5.74, 6) is -0.381. The summed E-state index contributed by atoms with van der Waals surface area (Å²) in [7, 11) is 7.85. The quantitative estimate of drug-likeness (QED) is 0.653. The summed E-state index contributed by atoms with van der Waals surface area (Å²) in [5.41, 5.74) is 4.63. The number of nitrogens with one attached hydrogen (secondary N) is 1. The van der Waals surface area contributed by atoms with Gasteiger partial charge in [0.1, 0.15) is 11.9 Å². The molecular formula is C18H23N3O3. The molecule has 1 amide bonds. The lowest BCUT2D eigenvalue weighted by molar-refractivity contribution is -0.132. The third kappa shape index (κ3) is 2.73. The van der Waals surface area contributed by atoms with Crippen LogP contribution in [-0.2, 0) is 4.79 Å². The van der Waals surface area contributed by atoms with E-state index in [1.807, 2.05) is 79.9 Å². The van der Waals surface area contributed by atoms with Crippen molar-refractivity contribution < 1.29 is 14.7 Å². The minimum atomic E-state index is -0.490. The number of anilines is 1. The summed E-state index contributed by atoms with van der Waals surface area (Å²) in [5, 5.41) is 9.19. The number of likely N-dealkylation sites (N-methyl/N-ethyl adjacent to an activating group) is 1. The van der Waals surface area contributed by atoms with E-state index in [1.54, 1.807) is 0 Å². The molecule has 3 rings (SSSR count). The summed E-state index contributed by atoms with van der Waals surface area (Å²) in [6.45, 7) is 0. The zero-order valence-electron chi connectivity index (χ0n) is 14.4. The van der Waals surface area contributed by atoms with E-state index in [0.717, 1.165) is 16.9 Å². The molecule has 1 heterocycles. The fraction of sp³-hybridized carbons (Fsp3) is 0.389. The molecule has 0 saturated carbocycles. The van der Waals surface area contributed by atoms with Crippen molar-refractivity contribution in [2.75, 3.05) is 33.1 Å². The first kappa shape index (κ1) is 16.4. The molecule has 24 heavy (non-hydrogen) atoms. The van der Waals surface area contributed by atoms with E-state index in [9.17, 15) is 10.0 Å². The topological polar surface area (TPSA) is 65.0 Å². The number of ether oxygens (including phenoxy) is 1. The molecule has 1 aromatic carbocycles. The molecule has 0 bridgehead atoms. The van der Waals surface area contributed by atoms with Crippen LogP contribution in [0.3, 0.4) is 0 Å². The van der Waals surface area contributed by atoms with Gasteiger partial charge < -0.3 is 14.5 Å². The molecule has 2 N–H and O–H groups in total. The average molecular weight is 329 g/mol. The Morgan fingerprint density at radius 1 is 1.21 bits per heavy atom. The van der Waals surface area contributed by atoms with Gasteiger partial charge in [-0.3, -0.25) is 10.0 Å². The first-order valence-corrected chi connectivity index (χ1v) is 7.91. The van der Waals surface area contributed by atoms with Gasteiger partial charge in [-0.25, -0.2) is 5.48 Å². The average Bonchev–Trinajstić information content (AvgIpc) is 2.57. The van der Waals surface area contributed by atoms with Gasteiger partial charge in [0.15, 0.2) is 0 Å². The Bertz CT molecular complexity index is 709. The molecule has 0 spiro atoms. The van der Waals surface area contributed by atoms with Crippen LogP contribution < -0.4 is 15.1 Å². The van der Waals surface area contributed by atoms with Crippen molar-refractivity contribution in [3.63, 3.8) is 0 Å². The lowest BCUT2D eigenvalue weighted by Gasteiger charge is -2.38. The van der Waals surface area contributed by atoms with Gasteiger partial charge in [-0.15, -0.1) is 0 Å². The number of fused-ring (bicyclic) bond motifs is 2. The maximum absolute atomic E-state index is 12.3. The normalized spacial score (nSPS) is 24.2. The summed E-state index contributed by atoms with van der Waals surface area (Å²) in [6.07, 6.45) is 5.75. The van der Waals surface area contributed by atoms with Crippen LogP contribution in [0.4, 0.5) is 5.69 Å². The van der Waals surface area contributed by atoms with Crippen LogP contribution in [0.1, 0.15) is 11.5 Å². The number of amides is 1. The van der Waals surface area contributed by atoms with Crippen molar-refractivity contribution in [2.24, 2.45) is 5.92 Å². The van der Waals surface area contributed by atoms with Gasteiger partial charge in [-0.2, -0.15) is 0 Å². The van der Waals surface area contributed by atoms with Gasteiger partial charge in [0, 0.05) is 57.1 Å². The number of carbonyl (C=O) groups is 1. The van der Waals surface area contributed by atoms with E-state index >= 15 is 0 Å². The molecule has 3 atom stereocenters. The Kier molecular flexibility index (Phi) is 4.24. The van der Waals surface area contributed by atoms with Gasteiger partial charge in [0.2, 0.25) is 0 Å². The molecule has 1 aromatic rings. The van der Waals surface area contributed by atoms with Crippen LogP contribution in [0.25, 0.3) is 0 Å². The minimum Gasteiger partial charge on any atom is -0.485 e. The molecule has 0 saturated heterocycles. The van der Waals surface area contributed by atoms with Gasteiger partial charge in [-0.1, -0.05) is 12.1 Å². The molecule has 1 aliphatic heterocycles. The molecule has 3 unspecified atom stereocenters. The molecule has 6 heteroatoms. The third-order valence-electron chi connectivity index (χ3n) is 4.61. The highest BCUT2D eigenvalue weighted by Gasteiger charge is 2.41. The predicted octanol–water partition coefficient (Wildman–Crippen LogP) is 1.73. The van der Waals surface area contributed by atoms with Crippen molar-refractivity contribution in [3.8, 4) is 5.75 Å². The number of hydrogen-bond acceptors (Lipinski definition) is 5. The number of allylic oxidation sites excluding steroid dienone is 1. The van der Waals surface area contributed by atoms with Crippen molar-refractivity contribution in [1.29, 1.82) is 0 Å². The zero-order valence-corrected chi connectivity index (χ0v) is 14.4. The maximum Gasteiger partial charge on any atom is 0.251 e. The summed E-state index contributed by atoms with van der Waals surface area (Å²) < 4.78 is 6.19. The van der Waals surface area contributed by atoms with E-state index in [2.05, 4.69) is 0 Å². The van der Waals surface area contributed by atoms with E-state index in [0.29, 0.717) is 5.75 Å². The lowest BCUT2D eigenvalue weighted by atomic mass is 9.77. The van der Waals surface area contributed by atoms with Crippen molar-refractivity contribution >= 4 is 11.6 Å². The molecule has 1 aliphatic carbocycles. The Labute approximate surface area is 142 Å². The Hall–Kier alpha value is -2.47. The predicted molar refractivity (Wildman–Crippen MR) is 92.3 cm³/mol. The van der Waals surface area contributed by atoms with Crippen molar-refractivity contribution in [3.05, 3.63) is 47.7 Å². The number of hydroxylamine groups is 1. The monoisotopic (exact) mass is 329 g/mol. The van der Waals surface area contributed by atoms with Gasteiger partial charge in [0.25, 0.3) is 5.91 Å². The molecule has 2 aliphatic rings. The molecule has 0 aromatic heterocycles. The SMILES string of the molecule is CN(C)C1=CC2Oc3cc(N(C)C)ccc3C(C(=O)NO)C2C=C1. The van der Waals surface area contributed by atoms with Crippen LogP contribution >= 0.6 is 0 Å². The number of rotatable bonds is 3. The first-order valence-electron chi connectivity index (χ1n) is 7.91. The van der Waals surface area contributed by atoms with Crippen LogP contribution in [0, 0.1) is 5.92 Å². The fourth-order valence-electron chi connectivity index (χ4n) is 3.27. The van der Waals surface area contributed by atoms with Gasteiger partial charge in [-0.05, 0) is 18.2 Å². The second kappa shape index (κ2) is 6.20. The second-order valence-corrected chi connectivity index (χ2v) is 6.58. The maximum atomic E-state index is 12.3. The van der Waals surface area contributed by atoms with Gasteiger partial charge in [0.05, 0.1) is 5.92 Å². The Morgan fingerprint density at radius 2 is 1.96 bits per heavy atom. The third-order valence-corrected chi connectivity index (χ3v) is 4.61. The standard InChI is InChI=1S/C18H23N3O3/c1-20(2)11-5-7-13-15(9-11)24-16-10-12(21(3)4)6-8-14(16)17(13)18(22)19-23/h5-10,13,15,17,23H,1-4H3,(H,19,22). The highest BCUT2D eigenvalue weighted by Crippen LogP contribution is 2.44. The number of nitrogens with zero attached hydrogens (tertiary/aromatic N) is 2. The molecule has 0 fully saturated rings. The lowest BCUT2D eigenvalue weighted by Crippen LogP contribution is -2.42. The van der Waals surface area contributed by atoms with E-state index in [4.69, 9.17) is 4.74 Å². The smallest absolute Gasteiger partial charge is 0.251 e. The molecule has 6 nitrogen and oxygen atoms in total. The second-order valence-electron chi connectivity index (χ2n) is 6.58. The summed E-state index contributed by atoms with van der Waals surface area (Å²) >= 11 is 0. The molecule has 0 radical (unpaired) electrons. The van der Waals surface area contributed by atoms with E-state index in [-0.39, 0.29) is 12.0 Å². The van der Waals surface area contributed by atoms with E-state index in [1.165, 1.54) is 0 Å². The summed E-state index contributed by atoms with van der Waals surface area (Å²) in [4.78, 5) is 16.3. The van der Waals surface area contributed by atoms with Crippen LogP contribution in [0.5, 0.6) is 5.75 Å². The zero-order chi connectivity index (χ0) is 17.4. The highest BCUT2D eigenvalue weighted by atomic mass is 16.5. The number of carbonyl (C=O) groups excluding carboxylic acids is 1. The highest BCUT2D eigenvalue weighted by molar-refractivity contribution is 5.85. The minimum absolute atomic E-state index is 0.154. The number of hydrogen-bond donors (Lipinski definition) is 2. The number of benzene rings is 1. The largest absolute Gasteiger partial charge is 0.485 e. The van der Waals surface area contributed by atoms with E-state index < -0.39 is 11.8 Å². The van der Waals surface area contributed by atoms with Gasteiger partial charge >= 0.3 is 0 Å². The first-order chi connectivity index (χ1) is 11.4. The van der Waals surface area contributed by atoms with Crippen molar-refractivity contribution in [1.82, 2.24) is 10.4 Å². The Balaban J connectivity index is 2.07. The summed E-state index contributed by atoms with van der Waals surface area (Å²) in [6, 6.07) is 5.79. The van der Waals surface area contributed by atoms with Crippen molar-refractivity contribution in [2.45, 2.75) is 12.0 Å². The Morgan fingerprint density at radius 3 is 2.58 bits per heavy atom. The molecular weight excluding hydrogens is 306 g/mol. The van der Waals surface area contributed by atoms with Crippen LogP contribution in [-0.4, -0.2) is 50.3 Å². The van der Waals surface area contributed by atoms with Crippen LogP contribution in [0.15, 0.2) is 42.1 Å². The van der Waals surface area contributed by atoms with Crippen LogP contribution in [0.2, 0.25) is 0 Å². The molecule has 128 valence electrons. The fourth-order valence-corrected chi connectivity index (χ4v) is 3.27.